The number of ketones is 1. The van der Waals surface area contributed by atoms with Gasteiger partial charge in [-0.1, -0.05) is 54.8 Å². The van der Waals surface area contributed by atoms with E-state index >= 15 is 0 Å². The third kappa shape index (κ3) is 4.73. The van der Waals surface area contributed by atoms with Crippen molar-refractivity contribution in [2.75, 3.05) is 5.75 Å². The highest BCUT2D eigenvalue weighted by atomic mass is 35.5. The Kier molecular flexibility index (Phi) is 6.36. The van der Waals surface area contributed by atoms with Crippen molar-refractivity contribution in [3.05, 3.63) is 69.5 Å². The second-order valence-corrected chi connectivity index (χ2v) is 8.93. The number of carbonyl (C=O) groups is 1. The normalized spacial score (nSPS) is 14.9. The van der Waals surface area contributed by atoms with E-state index in [2.05, 4.69) is 0 Å². The molecule has 0 saturated heterocycles. The Hall–Kier alpha value is -2.11. The number of rotatable bonds is 6. The van der Waals surface area contributed by atoms with Gasteiger partial charge in [-0.05, 0) is 55.2 Å². The molecule has 4 nitrogen and oxygen atoms in total. The van der Waals surface area contributed by atoms with Crippen LogP contribution in [0.2, 0.25) is 5.02 Å². The van der Waals surface area contributed by atoms with Crippen molar-refractivity contribution in [2.24, 2.45) is 5.92 Å². The van der Waals surface area contributed by atoms with E-state index in [0.29, 0.717) is 39.1 Å². The molecule has 3 aromatic rings. The van der Waals surface area contributed by atoms with Gasteiger partial charge in [-0.25, -0.2) is 4.98 Å². The Labute approximate surface area is 179 Å². The lowest BCUT2D eigenvalue weighted by Gasteiger charge is -2.23. The summed E-state index contributed by atoms with van der Waals surface area (Å²) in [4.78, 5) is 30.5. The molecule has 0 amide bonds. The summed E-state index contributed by atoms with van der Waals surface area (Å²) in [6.45, 7) is 0.675. The fourth-order valence-corrected chi connectivity index (χ4v) is 4.92. The number of aromatic nitrogens is 2. The van der Waals surface area contributed by atoms with Crippen molar-refractivity contribution in [1.82, 2.24) is 9.55 Å². The van der Waals surface area contributed by atoms with Gasteiger partial charge in [0, 0.05) is 17.1 Å². The summed E-state index contributed by atoms with van der Waals surface area (Å²) >= 11 is 7.25. The van der Waals surface area contributed by atoms with Gasteiger partial charge >= 0.3 is 0 Å². The minimum atomic E-state index is -0.0115. The zero-order valence-corrected chi connectivity index (χ0v) is 17.7. The quantitative estimate of drug-likeness (QED) is 0.292. The van der Waals surface area contributed by atoms with Crippen LogP contribution >= 0.6 is 23.4 Å². The largest absolute Gasteiger partial charge is 0.293 e. The Morgan fingerprint density at radius 3 is 2.55 bits per heavy atom. The molecule has 2 aromatic carbocycles. The monoisotopic (exact) mass is 426 g/mol. The SMILES string of the molecule is O=C(CSc1nc2ccccc2c(=O)n1CC1CCCCC1)c1ccc(Cl)cc1. The van der Waals surface area contributed by atoms with Crippen molar-refractivity contribution in [3.63, 3.8) is 0 Å². The molecule has 0 N–H and O–H groups in total. The maximum Gasteiger partial charge on any atom is 0.262 e. The molecule has 0 bridgehead atoms. The summed E-state index contributed by atoms with van der Waals surface area (Å²) in [6.07, 6.45) is 6.01. The van der Waals surface area contributed by atoms with Crippen LogP contribution in [0.3, 0.4) is 0 Å². The van der Waals surface area contributed by atoms with Crippen LogP contribution in [-0.4, -0.2) is 21.1 Å². The lowest BCUT2D eigenvalue weighted by Crippen LogP contribution is -2.28. The predicted octanol–water partition coefficient (Wildman–Crippen LogP) is 5.61. The average molecular weight is 427 g/mol. The van der Waals surface area contributed by atoms with Crippen molar-refractivity contribution in [1.29, 1.82) is 0 Å². The molecule has 6 heteroatoms. The first-order valence-corrected chi connectivity index (χ1v) is 11.4. The number of thioether (sulfide) groups is 1. The van der Waals surface area contributed by atoms with Gasteiger partial charge in [0.1, 0.15) is 0 Å². The first-order valence-electron chi connectivity index (χ1n) is 10.0. The molecule has 1 heterocycles. The van der Waals surface area contributed by atoms with E-state index in [1.54, 1.807) is 28.8 Å². The smallest absolute Gasteiger partial charge is 0.262 e. The third-order valence-electron chi connectivity index (χ3n) is 5.49. The first-order chi connectivity index (χ1) is 14.1. The number of hydrogen-bond donors (Lipinski definition) is 0. The Morgan fingerprint density at radius 2 is 1.79 bits per heavy atom. The molecule has 1 saturated carbocycles. The highest BCUT2D eigenvalue weighted by Gasteiger charge is 2.19. The van der Waals surface area contributed by atoms with Crippen molar-refractivity contribution < 1.29 is 4.79 Å². The van der Waals surface area contributed by atoms with E-state index in [-0.39, 0.29) is 17.1 Å². The number of nitrogens with zero attached hydrogens (tertiary/aromatic N) is 2. The van der Waals surface area contributed by atoms with Crippen molar-refractivity contribution >= 4 is 40.0 Å². The summed E-state index contributed by atoms with van der Waals surface area (Å²) < 4.78 is 1.79. The molecule has 4 rings (SSSR count). The molecule has 29 heavy (non-hydrogen) atoms. The number of halogens is 1. The van der Waals surface area contributed by atoms with Crippen molar-refractivity contribution in [2.45, 2.75) is 43.8 Å². The van der Waals surface area contributed by atoms with Gasteiger partial charge in [0.15, 0.2) is 10.9 Å². The molecule has 0 radical (unpaired) electrons. The van der Waals surface area contributed by atoms with E-state index in [4.69, 9.17) is 16.6 Å². The molecule has 1 fully saturated rings. The summed E-state index contributed by atoms with van der Waals surface area (Å²) in [5.74, 6) is 0.728. The number of para-hydroxylation sites is 1. The maximum atomic E-state index is 13.2. The average Bonchev–Trinajstić information content (AvgIpc) is 2.75. The number of carbonyl (C=O) groups excluding carboxylic acids is 1. The van der Waals surface area contributed by atoms with E-state index in [0.717, 1.165) is 12.8 Å². The van der Waals surface area contributed by atoms with E-state index in [9.17, 15) is 9.59 Å². The van der Waals surface area contributed by atoms with Crippen LogP contribution in [0.15, 0.2) is 58.5 Å². The van der Waals surface area contributed by atoms with Gasteiger partial charge in [0.05, 0.1) is 16.7 Å². The maximum absolute atomic E-state index is 13.2. The Balaban J connectivity index is 1.62. The van der Waals surface area contributed by atoms with E-state index in [1.807, 2.05) is 24.3 Å². The Morgan fingerprint density at radius 1 is 1.07 bits per heavy atom. The summed E-state index contributed by atoms with van der Waals surface area (Å²) in [6, 6.07) is 14.3. The fourth-order valence-electron chi connectivity index (χ4n) is 3.90. The van der Waals surface area contributed by atoms with Gasteiger partial charge in [-0.3, -0.25) is 14.2 Å². The zero-order chi connectivity index (χ0) is 20.2. The standard InChI is InChI=1S/C23H23ClN2O2S/c24-18-12-10-17(11-13-18)21(27)15-29-23-25-20-9-5-4-8-19(20)22(28)26(23)14-16-6-2-1-3-7-16/h4-5,8-13,16H,1-3,6-7,14-15H2. The summed E-state index contributed by atoms with van der Waals surface area (Å²) in [5, 5.41) is 1.87. The minimum Gasteiger partial charge on any atom is -0.293 e. The molecule has 1 aliphatic carbocycles. The highest BCUT2D eigenvalue weighted by molar-refractivity contribution is 7.99. The molecule has 0 unspecified atom stereocenters. The lowest BCUT2D eigenvalue weighted by atomic mass is 9.89. The molecule has 1 aliphatic rings. The number of fused-ring (bicyclic) bond motifs is 1. The van der Waals surface area contributed by atoms with Crippen LogP contribution in [0, 0.1) is 5.92 Å². The van der Waals surface area contributed by atoms with Crippen LogP contribution in [0.1, 0.15) is 42.5 Å². The number of benzene rings is 2. The van der Waals surface area contributed by atoms with Crippen LogP contribution in [0.5, 0.6) is 0 Å². The molecule has 0 aliphatic heterocycles. The van der Waals surface area contributed by atoms with Crippen molar-refractivity contribution in [3.8, 4) is 0 Å². The highest BCUT2D eigenvalue weighted by Crippen LogP contribution is 2.27. The lowest BCUT2D eigenvalue weighted by molar-refractivity contribution is 0.102. The van der Waals surface area contributed by atoms with Gasteiger partial charge in [-0.15, -0.1) is 0 Å². The molecule has 0 spiro atoms. The molecule has 1 aromatic heterocycles. The molecular weight excluding hydrogens is 404 g/mol. The van der Waals surface area contributed by atoms with Crippen LogP contribution in [-0.2, 0) is 6.54 Å². The summed E-state index contributed by atoms with van der Waals surface area (Å²) in [5.41, 5.74) is 1.28. The van der Waals surface area contributed by atoms with Gasteiger partial charge in [0.2, 0.25) is 0 Å². The predicted molar refractivity (Wildman–Crippen MR) is 119 cm³/mol. The molecular formula is C23H23ClN2O2S. The number of Topliss-reactive ketones (excluding diaryl/α,β-unsaturated/α-hetero) is 1. The molecule has 150 valence electrons. The number of hydrogen-bond acceptors (Lipinski definition) is 4. The van der Waals surface area contributed by atoms with Gasteiger partial charge in [0.25, 0.3) is 5.56 Å². The van der Waals surface area contributed by atoms with Gasteiger partial charge < -0.3 is 0 Å². The first kappa shape index (κ1) is 20.2. The fraction of sp³-hybridized carbons (Fsp3) is 0.348. The third-order valence-corrected chi connectivity index (χ3v) is 6.72. The summed E-state index contributed by atoms with van der Waals surface area (Å²) in [7, 11) is 0. The van der Waals surface area contributed by atoms with E-state index in [1.165, 1.54) is 31.0 Å². The topological polar surface area (TPSA) is 52.0 Å². The second-order valence-electron chi connectivity index (χ2n) is 7.55. The van der Waals surface area contributed by atoms with Crippen LogP contribution in [0.25, 0.3) is 10.9 Å². The zero-order valence-electron chi connectivity index (χ0n) is 16.1. The Bertz CT molecular complexity index is 1070. The molecule has 0 atom stereocenters. The van der Waals surface area contributed by atoms with Crippen LogP contribution < -0.4 is 5.56 Å². The van der Waals surface area contributed by atoms with E-state index < -0.39 is 0 Å². The second kappa shape index (κ2) is 9.14. The minimum absolute atomic E-state index is 0.00158. The van der Waals surface area contributed by atoms with Crippen LogP contribution in [0.4, 0.5) is 0 Å². The van der Waals surface area contributed by atoms with Gasteiger partial charge in [-0.2, -0.15) is 0 Å².